The lowest BCUT2D eigenvalue weighted by Crippen LogP contribution is -2.02. The highest BCUT2D eigenvalue weighted by Crippen LogP contribution is 2.16. The summed E-state index contributed by atoms with van der Waals surface area (Å²) in [6.45, 7) is 5.03. The molecule has 84 valence electrons. The van der Waals surface area contributed by atoms with Gasteiger partial charge in [-0.15, -0.1) is 0 Å². The minimum absolute atomic E-state index is 0.819. The van der Waals surface area contributed by atoms with Crippen molar-refractivity contribution in [2.24, 2.45) is 0 Å². The normalized spacial score (nSPS) is 10.4. The summed E-state index contributed by atoms with van der Waals surface area (Å²) < 4.78 is 0. The molecule has 0 saturated heterocycles. The van der Waals surface area contributed by atoms with Gasteiger partial charge in [-0.2, -0.15) is 5.10 Å². The third kappa shape index (κ3) is 2.24. The van der Waals surface area contributed by atoms with Crippen LogP contribution < -0.4 is 5.32 Å². The maximum atomic E-state index is 4.01. The van der Waals surface area contributed by atoms with Crippen molar-refractivity contribution in [1.82, 2.24) is 10.2 Å². The summed E-state index contributed by atoms with van der Waals surface area (Å²) in [5.74, 6) is 0. The molecule has 1 heterocycles. The van der Waals surface area contributed by atoms with E-state index in [4.69, 9.17) is 0 Å². The Kier molecular flexibility index (Phi) is 3.25. The van der Waals surface area contributed by atoms with Crippen molar-refractivity contribution in [3.8, 4) is 0 Å². The summed E-state index contributed by atoms with van der Waals surface area (Å²) in [6, 6.07) is 8.41. The Labute approximate surface area is 95.9 Å². The largest absolute Gasteiger partial charge is 0.381 e. The number of nitrogens with one attached hydrogen (secondary N) is 2. The van der Waals surface area contributed by atoms with Gasteiger partial charge in [0, 0.05) is 23.5 Å². The molecule has 16 heavy (non-hydrogen) atoms. The van der Waals surface area contributed by atoms with E-state index in [9.17, 15) is 0 Å². The molecule has 2 aromatic rings. The Morgan fingerprint density at radius 3 is 2.75 bits per heavy atom. The fourth-order valence-corrected chi connectivity index (χ4v) is 1.75. The monoisotopic (exact) mass is 215 g/mol. The van der Waals surface area contributed by atoms with Crippen molar-refractivity contribution >= 4 is 5.69 Å². The molecule has 0 fully saturated rings. The van der Waals surface area contributed by atoms with E-state index < -0.39 is 0 Å². The van der Waals surface area contributed by atoms with Gasteiger partial charge in [0.1, 0.15) is 0 Å². The zero-order valence-corrected chi connectivity index (χ0v) is 9.75. The number of para-hydroxylation sites is 1. The molecule has 0 spiro atoms. The predicted octanol–water partition coefficient (Wildman–Crippen LogP) is 2.89. The number of anilines is 1. The van der Waals surface area contributed by atoms with Gasteiger partial charge in [0.15, 0.2) is 0 Å². The minimum Gasteiger partial charge on any atom is -0.381 e. The third-order valence-corrected chi connectivity index (χ3v) is 2.80. The highest BCUT2D eigenvalue weighted by atomic mass is 15.1. The zero-order chi connectivity index (χ0) is 11.4. The van der Waals surface area contributed by atoms with Crippen molar-refractivity contribution in [2.75, 3.05) is 5.32 Å². The molecule has 0 atom stereocenters. The summed E-state index contributed by atoms with van der Waals surface area (Å²) in [4.78, 5) is 0. The van der Waals surface area contributed by atoms with Crippen molar-refractivity contribution < 1.29 is 0 Å². The van der Waals surface area contributed by atoms with Crippen molar-refractivity contribution in [1.29, 1.82) is 0 Å². The van der Waals surface area contributed by atoms with E-state index in [0.717, 1.165) is 18.7 Å². The Bertz CT molecular complexity index is 460. The summed E-state index contributed by atoms with van der Waals surface area (Å²) in [5.41, 5.74) is 4.90. The second kappa shape index (κ2) is 4.84. The molecule has 3 heteroatoms. The molecule has 0 aliphatic heterocycles. The number of hydrogen-bond acceptors (Lipinski definition) is 2. The van der Waals surface area contributed by atoms with Gasteiger partial charge in [-0.1, -0.05) is 25.1 Å². The topological polar surface area (TPSA) is 40.7 Å². The fourth-order valence-electron chi connectivity index (χ4n) is 1.75. The number of aryl methyl sites for hydroxylation is 2. The van der Waals surface area contributed by atoms with E-state index >= 15 is 0 Å². The molecule has 0 aliphatic carbocycles. The molecule has 0 radical (unpaired) electrons. The first-order valence-electron chi connectivity index (χ1n) is 5.62. The molecule has 1 aromatic carbocycles. The summed E-state index contributed by atoms with van der Waals surface area (Å²) >= 11 is 0. The average molecular weight is 215 g/mol. The molecular formula is C13H17N3. The Morgan fingerprint density at radius 1 is 1.25 bits per heavy atom. The maximum absolute atomic E-state index is 4.01. The second-order valence-corrected chi connectivity index (χ2v) is 3.88. The van der Waals surface area contributed by atoms with Crippen LogP contribution in [-0.2, 0) is 13.0 Å². The predicted molar refractivity (Wildman–Crippen MR) is 66.5 cm³/mol. The Balaban J connectivity index is 2.07. The van der Waals surface area contributed by atoms with Crippen LogP contribution in [0.25, 0.3) is 0 Å². The molecule has 3 nitrogen and oxygen atoms in total. The highest BCUT2D eigenvalue weighted by Gasteiger charge is 2.02. The van der Waals surface area contributed by atoms with Crippen molar-refractivity contribution in [3.63, 3.8) is 0 Å². The smallest absolute Gasteiger partial charge is 0.0539 e. The number of aromatic amines is 1. The van der Waals surface area contributed by atoms with E-state index in [-0.39, 0.29) is 0 Å². The quantitative estimate of drug-likeness (QED) is 0.823. The molecule has 1 aromatic heterocycles. The molecule has 0 unspecified atom stereocenters. The van der Waals surface area contributed by atoms with Crippen LogP contribution in [0.4, 0.5) is 5.69 Å². The first-order chi connectivity index (χ1) is 7.81. The van der Waals surface area contributed by atoms with E-state index in [1.54, 1.807) is 0 Å². The summed E-state index contributed by atoms with van der Waals surface area (Å²) in [5, 5.41) is 10.4. The van der Waals surface area contributed by atoms with Gasteiger partial charge in [-0.05, 0) is 25.0 Å². The van der Waals surface area contributed by atoms with E-state index in [1.165, 1.54) is 16.8 Å². The van der Waals surface area contributed by atoms with Gasteiger partial charge in [0.2, 0.25) is 0 Å². The van der Waals surface area contributed by atoms with Crippen LogP contribution in [0.5, 0.6) is 0 Å². The number of hydrogen-bond donors (Lipinski definition) is 2. The maximum Gasteiger partial charge on any atom is 0.0539 e. The van der Waals surface area contributed by atoms with Crippen molar-refractivity contribution in [3.05, 3.63) is 47.3 Å². The fraction of sp³-hybridized carbons (Fsp3) is 0.308. The number of nitrogens with zero attached hydrogens (tertiary/aromatic N) is 1. The summed E-state index contributed by atoms with van der Waals surface area (Å²) in [6.07, 6.45) is 2.92. The minimum atomic E-state index is 0.819. The molecular weight excluding hydrogens is 198 g/mol. The summed E-state index contributed by atoms with van der Waals surface area (Å²) in [7, 11) is 0. The van der Waals surface area contributed by atoms with Crippen LogP contribution in [0.1, 0.15) is 23.7 Å². The van der Waals surface area contributed by atoms with E-state index in [0.29, 0.717) is 0 Å². The number of rotatable bonds is 4. The van der Waals surface area contributed by atoms with Gasteiger partial charge < -0.3 is 5.32 Å². The van der Waals surface area contributed by atoms with Gasteiger partial charge in [0.05, 0.1) is 6.20 Å². The molecule has 0 saturated carbocycles. The molecule has 0 amide bonds. The molecule has 2 rings (SSSR count). The standard InChI is InChI=1S/C13H17N3/c1-3-11-6-4-5-7-13(11)14-8-12-9-15-16-10(12)2/h4-7,9,14H,3,8H2,1-2H3,(H,15,16). The average Bonchev–Trinajstić information content (AvgIpc) is 2.72. The lowest BCUT2D eigenvalue weighted by Gasteiger charge is -2.10. The van der Waals surface area contributed by atoms with Gasteiger partial charge in [-0.3, -0.25) is 5.10 Å². The van der Waals surface area contributed by atoms with Crippen LogP contribution in [0.3, 0.4) is 0 Å². The Hall–Kier alpha value is -1.77. The van der Waals surface area contributed by atoms with Crippen LogP contribution in [0.2, 0.25) is 0 Å². The molecule has 0 aliphatic rings. The lowest BCUT2D eigenvalue weighted by molar-refractivity contribution is 1.04. The van der Waals surface area contributed by atoms with E-state index in [1.807, 2.05) is 13.1 Å². The number of H-pyrrole nitrogens is 1. The number of aromatic nitrogens is 2. The zero-order valence-electron chi connectivity index (χ0n) is 9.75. The van der Waals surface area contributed by atoms with Gasteiger partial charge >= 0.3 is 0 Å². The Morgan fingerprint density at radius 2 is 2.06 bits per heavy atom. The first-order valence-corrected chi connectivity index (χ1v) is 5.62. The van der Waals surface area contributed by atoms with Gasteiger partial charge in [0.25, 0.3) is 0 Å². The highest BCUT2D eigenvalue weighted by molar-refractivity contribution is 5.51. The molecule has 2 N–H and O–H groups in total. The van der Waals surface area contributed by atoms with Crippen LogP contribution in [-0.4, -0.2) is 10.2 Å². The SMILES string of the molecule is CCc1ccccc1NCc1cn[nH]c1C. The van der Waals surface area contributed by atoms with E-state index in [2.05, 4.69) is 46.7 Å². The lowest BCUT2D eigenvalue weighted by atomic mass is 10.1. The van der Waals surface area contributed by atoms with Crippen LogP contribution in [0.15, 0.2) is 30.5 Å². The third-order valence-electron chi connectivity index (χ3n) is 2.80. The van der Waals surface area contributed by atoms with Gasteiger partial charge in [-0.25, -0.2) is 0 Å². The van der Waals surface area contributed by atoms with Crippen LogP contribution >= 0.6 is 0 Å². The second-order valence-electron chi connectivity index (χ2n) is 3.88. The number of benzene rings is 1. The molecule has 0 bridgehead atoms. The van der Waals surface area contributed by atoms with Crippen LogP contribution in [0, 0.1) is 6.92 Å². The van der Waals surface area contributed by atoms with Crippen molar-refractivity contribution in [2.45, 2.75) is 26.8 Å². The first kappa shape index (κ1) is 10.7.